The van der Waals surface area contributed by atoms with Crippen LogP contribution in [0.1, 0.15) is 50.6 Å². The highest BCUT2D eigenvalue weighted by Crippen LogP contribution is 2.38. The van der Waals surface area contributed by atoms with Gasteiger partial charge in [-0.1, -0.05) is 48.5 Å². The number of para-hydroxylation sites is 1. The van der Waals surface area contributed by atoms with Crippen LogP contribution in [0.2, 0.25) is 0 Å². The summed E-state index contributed by atoms with van der Waals surface area (Å²) in [6.45, 7) is 7.52. The van der Waals surface area contributed by atoms with Crippen LogP contribution in [0, 0.1) is 0 Å². The van der Waals surface area contributed by atoms with Gasteiger partial charge >= 0.3 is 12.1 Å². The Kier molecular flexibility index (Phi) is 5.48. The summed E-state index contributed by atoms with van der Waals surface area (Å²) >= 11 is 0. The van der Waals surface area contributed by atoms with Gasteiger partial charge in [-0.25, -0.2) is 9.59 Å². The number of amides is 1. The van der Waals surface area contributed by atoms with Crippen LogP contribution in [0.4, 0.5) is 4.79 Å². The summed E-state index contributed by atoms with van der Waals surface area (Å²) in [5, 5.41) is 1.06. The summed E-state index contributed by atoms with van der Waals surface area (Å²) in [7, 11) is 0. The quantitative estimate of drug-likeness (QED) is 0.596. The van der Waals surface area contributed by atoms with E-state index < -0.39 is 23.7 Å². The number of ether oxygens (including phenoxy) is 2. The van der Waals surface area contributed by atoms with E-state index in [1.807, 2.05) is 82.3 Å². The molecule has 2 unspecified atom stereocenters. The lowest BCUT2D eigenvalue weighted by Crippen LogP contribution is -2.52. The zero-order valence-corrected chi connectivity index (χ0v) is 18.3. The number of carbonyl (C=O) groups excluding carboxylic acids is 2. The molecule has 1 aromatic heterocycles. The molecule has 1 N–H and O–H groups in total. The summed E-state index contributed by atoms with van der Waals surface area (Å²) < 4.78 is 11.3. The molecule has 6 nitrogen and oxygen atoms in total. The predicted octanol–water partition coefficient (Wildman–Crippen LogP) is 5.13. The lowest BCUT2D eigenvalue weighted by atomic mass is 9.92. The Hall–Kier alpha value is -3.28. The van der Waals surface area contributed by atoms with Crippen molar-refractivity contribution in [3.8, 4) is 0 Å². The normalized spacial score (nSPS) is 18.5. The van der Waals surface area contributed by atoms with Crippen LogP contribution in [0.5, 0.6) is 0 Å². The van der Waals surface area contributed by atoms with Gasteiger partial charge in [0.25, 0.3) is 0 Å². The van der Waals surface area contributed by atoms with E-state index in [4.69, 9.17) is 9.47 Å². The van der Waals surface area contributed by atoms with E-state index in [0.29, 0.717) is 6.42 Å². The van der Waals surface area contributed by atoms with Crippen molar-refractivity contribution < 1.29 is 19.1 Å². The summed E-state index contributed by atoms with van der Waals surface area (Å²) in [6.07, 6.45) is -0.151. The standard InChI is InChI=1S/C25H28N2O4/c1-16-22-19(18-12-8-9-13-20(18)26-22)14-21(27(16)24(29)31-25(2,3)4)23(28)30-15-17-10-6-5-7-11-17/h5-13,16,21,26H,14-15H2,1-4H3. The van der Waals surface area contributed by atoms with Crippen molar-refractivity contribution >= 4 is 23.0 Å². The maximum absolute atomic E-state index is 13.2. The number of esters is 1. The maximum atomic E-state index is 13.2. The maximum Gasteiger partial charge on any atom is 0.411 e. The third kappa shape index (κ3) is 4.29. The smallest absolute Gasteiger partial charge is 0.411 e. The van der Waals surface area contributed by atoms with Crippen LogP contribution in [-0.4, -0.2) is 33.6 Å². The Morgan fingerprint density at radius 3 is 2.45 bits per heavy atom. The van der Waals surface area contributed by atoms with E-state index in [1.165, 1.54) is 4.90 Å². The Morgan fingerprint density at radius 2 is 1.74 bits per heavy atom. The van der Waals surface area contributed by atoms with Gasteiger partial charge in [0, 0.05) is 23.0 Å². The second-order valence-electron chi connectivity index (χ2n) is 8.94. The minimum absolute atomic E-state index is 0.160. The van der Waals surface area contributed by atoms with Crippen molar-refractivity contribution in [2.75, 3.05) is 0 Å². The van der Waals surface area contributed by atoms with E-state index in [9.17, 15) is 9.59 Å². The molecule has 0 saturated heterocycles. The average Bonchev–Trinajstić information content (AvgIpc) is 3.10. The largest absolute Gasteiger partial charge is 0.459 e. The molecule has 4 rings (SSSR count). The van der Waals surface area contributed by atoms with Crippen LogP contribution in [0.25, 0.3) is 10.9 Å². The van der Waals surface area contributed by atoms with Crippen molar-refractivity contribution in [1.82, 2.24) is 9.88 Å². The second kappa shape index (κ2) is 8.10. The molecule has 3 aromatic rings. The molecule has 6 heteroatoms. The van der Waals surface area contributed by atoms with Crippen LogP contribution < -0.4 is 0 Å². The Balaban J connectivity index is 1.67. The first-order chi connectivity index (χ1) is 14.7. The Labute approximate surface area is 182 Å². The number of fused-ring (bicyclic) bond motifs is 3. The van der Waals surface area contributed by atoms with Gasteiger partial charge in [0.2, 0.25) is 0 Å². The number of hydrogen-bond donors (Lipinski definition) is 1. The number of rotatable bonds is 3. The molecule has 2 atom stereocenters. The molecule has 0 aliphatic carbocycles. The monoisotopic (exact) mass is 420 g/mol. The molecule has 2 aromatic carbocycles. The van der Waals surface area contributed by atoms with Crippen molar-refractivity contribution in [2.24, 2.45) is 0 Å². The minimum atomic E-state index is -0.764. The first-order valence-corrected chi connectivity index (χ1v) is 10.6. The average molecular weight is 421 g/mol. The highest BCUT2D eigenvalue weighted by Gasteiger charge is 2.43. The Morgan fingerprint density at radius 1 is 1.06 bits per heavy atom. The zero-order valence-electron chi connectivity index (χ0n) is 18.3. The number of carbonyl (C=O) groups is 2. The molecule has 1 aliphatic heterocycles. The number of aromatic amines is 1. The fourth-order valence-electron chi connectivity index (χ4n) is 4.12. The number of aromatic nitrogens is 1. The first kappa shape index (κ1) is 21.0. The van der Waals surface area contributed by atoms with E-state index in [2.05, 4.69) is 4.98 Å². The van der Waals surface area contributed by atoms with E-state index in [1.54, 1.807) is 0 Å². The summed E-state index contributed by atoms with van der Waals surface area (Å²) in [5.41, 5.74) is 3.19. The molecule has 0 radical (unpaired) electrons. The molecule has 31 heavy (non-hydrogen) atoms. The fourth-order valence-corrected chi connectivity index (χ4v) is 4.12. The van der Waals surface area contributed by atoms with Gasteiger partial charge in [-0.15, -0.1) is 0 Å². The minimum Gasteiger partial charge on any atom is -0.459 e. The van der Waals surface area contributed by atoms with Gasteiger partial charge in [-0.05, 0) is 44.9 Å². The van der Waals surface area contributed by atoms with Gasteiger partial charge in [0.1, 0.15) is 18.2 Å². The van der Waals surface area contributed by atoms with Crippen molar-refractivity contribution in [3.63, 3.8) is 0 Å². The van der Waals surface area contributed by atoms with Crippen molar-refractivity contribution in [2.45, 2.75) is 58.4 Å². The van der Waals surface area contributed by atoms with E-state index in [-0.39, 0.29) is 12.6 Å². The highest BCUT2D eigenvalue weighted by molar-refractivity contribution is 5.89. The number of hydrogen-bond acceptors (Lipinski definition) is 4. The molecule has 0 saturated carbocycles. The number of nitrogens with zero attached hydrogens (tertiary/aromatic N) is 1. The Bertz CT molecular complexity index is 1100. The van der Waals surface area contributed by atoms with Crippen LogP contribution >= 0.6 is 0 Å². The van der Waals surface area contributed by atoms with Gasteiger partial charge in [-0.3, -0.25) is 4.90 Å². The molecule has 0 bridgehead atoms. The van der Waals surface area contributed by atoms with Crippen molar-refractivity contribution in [1.29, 1.82) is 0 Å². The van der Waals surface area contributed by atoms with Crippen LogP contribution in [-0.2, 0) is 27.3 Å². The third-order valence-electron chi connectivity index (χ3n) is 5.52. The van der Waals surface area contributed by atoms with Crippen LogP contribution in [0.3, 0.4) is 0 Å². The number of H-pyrrole nitrogens is 1. The van der Waals surface area contributed by atoms with E-state index in [0.717, 1.165) is 27.7 Å². The first-order valence-electron chi connectivity index (χ1n) is 10.6. The van der Waals surface area contributed by atoms with Gasteiger partial charge in [0.05, 0.1) is 6.04 Å². The molecule has 1 amide bonds. The third-order valence-corrected chi connectivity index (χ3v) is 5.52. The second-order valence-corrected chi connectivity index (χ2v) is 8.94. The zero-order chi connectivity index (χ0) is 22.2. The molecule has 0 fully saturated rings. The number of benzene rings is 2. The molecular formula is C25H28N2O4. The summed E-state index contributed by atoms with van der Waals surface area (Å²) in [6, 6.07) is 16.4. The van der Waals surface area contributed by atoms with Gasteiger partial charge < -0.3 is 14.5 Å². The molecular weight excluding hydrogens is 392 g/mol. The fraction of sp³-hybridized carbons (Fsp3) is 0.360. The summed E-state index contributed by atoms with van der Waals surface area (Å²) in [4.78, 5) is 31.2. The van der Waals surface area contributed by atoms with Crippen molar-refractivity contribution in [3.05, 3.63) is 71.4 Å². The van der Waals surface area contributed by atoms with Gasteiger partial charge in [-0.2, -0.15) is 0 Å². The van der Waals surface area contributed by atoms with Gasteiger partial charge in [0.15, 0.2) is 0 Å². The molecule has 0 spiro atoms. The topological polar surface area (TPSA) is 71.6 Å². The van der Waals surface area contributed by atoms with E-state index >= 15 is 0 Å². The lowest BCUT2D eigenvalue weighted by Gasteiger charge is -2.39. The predicted molar refractivity (Wildman–Crippen MR) is 119 cm³/mol. The molecule has 1 aliphatic rings. The molecule has 2 heterocycles. The number of nitrogens with one attached hydrogen (secondary N) is 1. The highest BCUT2D eigenvalue weighted by atomic mass is 16.6. The summed E-state index contributed by atoms with van der Waals surface area (Å²) in [5.74, 6) is -0.433. The SMILES string of the molecule is CC1c2[nH]c3ccccc3c2CC(C(=O)OCc2ccccc2)N1C(=O)OC(C)(C)C. The molecule has 162 valence electrons. The van der Waals surface area contributed by atoms with Crippen LogP contribution in [0.15, 0.2) is 54.6 Å². The lowest BCUT2D eigenvalue weighted by molar-refractivity contribution is -0.152.